The molecule has 0 bridgehead atoms. The Labute approximate surface area is 408 Å². The molecule has 71 heavy (non-hydrogen) atoms. The molecule has 0 saturated carbocycles. The fourth-order valence-corrected chi connectivity index (χ4v) is 9.69. The Bertz CT molecular complexity index is 3300. The summed E-state index contributed by atoms with van der Waals surface area (Å²) in [6, 6.07) is 19.4. The number of rotatable bonds is 17. The Hall–Kier alpha value is -8.37. The first-order valence-corrected chi connectivity index (χ1v) is 23.8. The Morgan fingerprint density at radius 1 is 0.873 bits per heavy atom. The van der Waals surface area contributed by atoms with Gasteiger partial charge in [0.2, 0.25) is 17.6 Å². The number of aromatic nitrogens is 2. The topological polar surface area (TPSA) is 290 Å². The zero-order valence-electron chi connectivity index (χ0n) is 39.7. The van der Waals surface area contributed by atoms with Crippen molar-refractivity contribution in [1.29, 1.82) is 0 Å². The zero-order valence-corrected chi connectivity index (χ0v) is 40.5. The summed E-state index contributed by atoms with van der Waals surface area (Å²) in [7, 11) is 1.63. The van der Waals surface area contributed by atoms with Crippen molar-refractivity contribution in [2.24, 2.45) is 5.14 Å². The van der Waals surface area contributed by atoms with E-state index in [4.69, 9.17) is 40.0 Å². The van der Waals surface area contributed by atoms with Gasteiger partial charge in [0.05, 0.1) is 27.3 Å². The maximum absolute atomic E-state index is 14.3. The van der Waals surface area contributed by atoms with Crippen molar-refractivity contribution in [3.63, 3.8) is 0 Å². The van der Waals surface area contributed by atoms with E-state index in [1.807, 2.05) is 19.9 Å². The van der Waals surface area contributed by atoms with Crippen molar-refractivity contribution in [3.8, 4) is 23.0 Å². The second-order valence-corrected chi connectivity index (χ2v) is 18.1. The van der Waals surface area contributed by atoms with E-state index >= 15 is 0 Å². The fourth-order valence-electron chi connectivity index (χ4n) is 8.70. The van der Waals surface area contributed by atoms with Gasteiger partial charge in [-0.3, -0.25) is 14.4 Å². The lowest BCUT2D eigenvalue weighted by Crippen LogP contribution is -2.51. The number of fused-ring (bicyclic) bond motifs is 5. The van der Waals surface area contributed by atoms with Gasteiger partial charge in [0.15, 0.2) is 11.5 Å². The molecule has 2 aliphatic rings. The van der Waals surface area contributed by atoms with Crippen molar-refractivity contribution < 1.29 is 46.2 Å². The summed E-state index contributed by atoms with van der Waals surface area (Å²) in [5.74, 6) is -1.02. The van der Waals surface area contributed by atoms with Crippen molar-refractivity contribution in [2.45, 2.75) is 25.8 Å². The van der Waals surface area contributed by atoms with Crippen LogP contribution in [0.3, 0.4) is 0 Å². The molecule has 0 aliphatic carbocycles. The highest BCUT2D eigenvalue weighted by molar-refractivity contribution is 7.87. The number of methoxy groups -OCH3 is 2. The molecule has 0 radical (unpaired) electrons. The molecule has 4 aromatic carbocycles. The summed E-state index contributed by atoms with van der Waals surface area (Å²) in [4.78, 5) is 67.0. The van der Waals surface area contributed by atoms with Gasteiger partial charge >= 0.3 is 15.8 Å². The Morgan fingerprint density at radius 2 is 1.59 bits per heavy atom. The number of carbonyl (C=O) groups is 3. The largest absolute Gasteiger partial charge is 0.493 e. The number of benzene rings is 4. The number of nitrogens with zero attached hydrogens (tertiary/aromatic N) is 5. The average Bonchev–Trinajstić information content (AvgIpc) is 3.59. The molecule has 8 rings (SSSR count). The zero-order chi connectivity index (χ0) is 50.9. The number of carbonyl (C=O) groups excluding carboxylic acids is 3. The summed E-state index contributed by atoms with van der Waals surface area (Å²) in [6.45, 7) is 5.02. The van der Waals surface area contributed by atoms with Crippen LogP contribution in [0.15, 0.2) is 94.3 Å². The minimum Gasteiger partial charge on any atom is -0.493 e. The van der Waals surface area contributed by atoms with E-state index in [-0.39, 0.29) is 70.0 Å². The van der Waals surface area contributed by atoms with Crippen LogP contribution < -0.4 is 61.6 Å². The van der Waals surface area contributed by atoms with Gasteiger partial charge < -0.3 is 55.3 Å². The van der Waals surface area contributed by atoms with E-state index in [1.165, 1.54) is 44.7 Å². The number of hydrogen-bond donors (Lipinski definition) is 5. The average molecular weight is 989 g/mol. The molecule has 1 spiro atoms. The minimum atomic E-state index is -4.90. The molecular weight excluding hydrogens is 937 g/mol. The third kappa shape index (κ3) is 9.41. The third-order valence-electron chi connectivity index (χ3n) is 12.2. The number of nitrogens with one attached hydrogen (secondary N) is 2. The van der Waals surface area contributed by atoms with E-state index in [2.05, 4.69) is 25.5 Å². The molecule has 370 valence electrons. The molecule has 1 unspecified atom stereocenters. The standard InChI is InChI=1S/C49H52N10O11S/c1-7-58(8-2)32-11-9-28-20-34(47(63)70-37(28)23-32)41-24-49(35-14-12-31(57(3)4)22-38(35)69-41)36-21-29(10-13-33(36)46(62)59(49)71(52,64)65)45(61)54-26-42(60)53-15-16-68-43-39(66-5)18-27(19-40(43)67-6)17-30-25-55-48(51)56-44(30)50/h9-14,18-25H,7-8,15-17,26H2,1-6H3,(H,53,60)(H,54,61)(H2,52,64,65)(H4,50,51,55,56). The van der Waals surface area contributed by atoms with Gasteiger partial charge in [0.1, 0.15) is 40.6 Å². The first-order valence-electron chi connectivity index (χ1n) is 22.3. The van der Waals surface area contributed by atoms with Crippen molar-refractivity contribution in [1.82, 2.24) is 24.9 Å². The van der Waals surface area contributed by atoms with Crippen molar-refractivity contribution in [3.05, 3.63) is 134 Å². The molecule has 2 aliphatic heterocycles. The SMILES string of the molecule is CCN(CC)c1ccc2cc(C3=CC4(c5ccc(N(C)C)cc5O3)c3cc(C(=O)NCC(=O)NCCOc5c(OC)cc(Cc6cnc(N)nc6N)cc5OC)ccc3C(=O)N4S(N)(=O)=O)c(=O)oc2c1. The number of ether oxygens (including phenoxy) is 4. The number of nitrogen functional groups attached to an aromatic ring is 2. The Morgan fingerprint density at radius 3 is 2.25 bits per heavy atom. The lowest BCUT2D eigenvalue weighted by atomic mass is 9.80. The summed E-state index contributed by atoms with van der Waals surface area (Å²) in [5, 5.41) is 11.7. The van der Waals surface area contributed by atoms with Crippen molar-refractivity contribution >= 4 is 67.8 Å². The smallest absolute Gasteiger partial charge is 0.347 e. The molecule has 8 N–H and O–H groups in total. The molecule has 2 aromatic heterocycles. The van der Waals surface area contributed by atoms with Crippen LogP contribution in [-0.2, 0) is 27.0 Å². The first-order chi connectivity index (χ1) is 33.9. The highest BCUT2D eigenvalue weighted by atomic mass is 32.2. The highest BCUT2D eigenvalue weighted by Gasteiger charge is 2.57. The predicted octanol–water partition coefficient (Wildman–Crippen LogP) is 3.53. The third-order valence-corrected chi connectivity index (χ3v) is 13.1. The maximum atomic E-state index is 14.3. The summed E-state index contributed by atoms with van der Waals surface area (Å²) in [6.07, 6.45) is 3.21. The van der Waals surface area contributed by atoms with Crippen LogP contribution in [0.4, 0.5) is 23.1 Å². The monoisotopic (exact) mass is 988 g/mol. The van der Waals surface area contributed by atoms with Crippen LogP contribution in [0.1, 0.15) is 62.4 Å². The summed E-state index contributed by atoms with van der Waals surface area (Å²) in [5.41, 5.74) is 12.0. The molecule has 21 nitrogen and oxygen atoms in total. The van der Waals surface area contributed by atoms with Gasteiger partial charge in [-0.1, -0.05) is 6.07 Å². The Kier molecular flexibility index (Phi) is 13.5. The van der Waals surface area contributed by atoms with Gasteiger partial charge in [0, 0.05) is 96.5 Å². The maximum Gasteiger partial charge on any atom is 0.347 e. The van der Waals surface area contributed by atoms with Gasteiger partial charge in [-0.15, -0.1) is 0 Å². The van der Waals surface area contributed by atoms with Gasteiger partial charge in [0.25, 0.3) is 11.8 Å². The molecule has 4 heterocycles. The molecule has 3 amide bonds. The van der Waals surface area contributed by atoms with Crippen LogP contribution in [0.5, 0.6) is 23.0 Å². The first kappa shape index (κ1) is 49.1. The second kappa shape index (κ2) is 19.6. The van der Waals surface area contributed by atoms with Crippen LogP contribution in [0, 0.1) is 0 Å². The van der Waals surface area contributed by atoms with Crippen molar-refractivity contribution in [2.75, 3.05) is 82.4 Å². The van der Waals surface area contributed by atoms with Gasteiger partial charge in [-0.25, -0.2) is 19.2 Å². The second-order valence-electron chi connectivity index (χ2n) is 16.7. The highest BCUT2D eigenvalue weighted by Crippen LogP contribution is 2.54. The van der Waals surface area contributed by atoms with E-state index in [0.717, 1.165) is 24.3 Å². The summed E-state index contributed by atoms with van der Waals surface area (Å²) < 4.78 is 57.3. The van der Waals surface area contributed by atoms with Crippen LogP contribution in [-0.4, -0.2) is 102 Å². The molecule has 22 heteroatoms. The quantitative estimate of drug-likeness (QED) is 0.0645. The van der Waals surface area contributed by atoms with Crippen LogP contribution >= 0.6 is 0 Å². The predicted molar refractivity (Wildman–Crippen MR) is 266 cm³/mol. The molecule has 0 saturated heterocycles. The van der Waals surface area contributed by atoms with E-state index < -0.39 is 45.6 Å². The van der Waals surface area contributed by atoms with Gasteiger partial charge in [-0.2, -0.15) is 13.4 Å². The van der Waals surface area contributed by atoms with Crippen LogP contribution in [0.2, 0.25) is 0 Å². The minimum absolute atomic E-state index is 0.0125. The molecule has 1 atom stereocenters. The number of amides is 3. The summed E-state index contributed by atoms with van der Waals surface area (Å²) >= 11 is 0. The van der Waals surface area contributed by atoms with E-state index in [0.29, 0.717) is 44.4 Å². The Balaban J connectivity index is 1.05. The normalized spacial score (nSPS) is 14.8. The lowest BCUT2D eigenvalue weighted by molar-refractivity contribution is -0.120. The van der Waals surface area contributed by atoms with E-state index in [1.54, 1.807) is 67.5 Å². The number of nitrogens with two attached hydrogens (primary N) is 3. The fraction of sp³-hybridized carbons (Fsp3) is 0.265. The van der Waals surface area contributed by atoms with Crippen LogP contribution in [0.25, 0.3) is 16.7 Å². The molecule has 0 fully saturated rings. The van der Waals surface area contributed by atoms with E-state index in [9.17, 15) is 27.6 Å². The lowest BCUT2D eigenvalue weighted by Gasteiger charge is -2.39. The number of hydrogen-bond acceptors (Lipinski definition) is 17. The molecule has 6 aromatic rings. The molecular formula is C49H52N10O11S. The number of anilines is 4. The van der Waals surface area contributed by atoms with Gasteiger partial charge in [-0.05, 0) is 80.1 Å².